The fourth-order valence-electron chi connectivity index (χ4n) is 4.69. The van der Waals surface area contributed by atoms with Crippen molar-refractivity contribution < 1.29 is 18.0 Å². The Morgan fingerprint density at radius 3 is 2.41 bits per heavy atom. The van der Waals surface area contributed by atoms with E-state index in [1.54, 1.807) is 35.2 Å². The van der Waals surface area contributed by atoms with Crippen molar-refractivity contribution in [2.75, 3.05) is 31.5 Å². The molecule has 182 valence electrons. The highest BCUT2D eigenvalue weighted by Gasteiger charge is 2.41. The maximum Gasteiger partial charge on any atom is 0.319 e. The average Bonchev–Trinajstić information content (AvgIpc) is 3.35. The van der Waals surface area contributed by atoms with Crippen LogP contribution in [0, 0.1) is 12.8 Å². The minimum atomic E-state index is -3.72. The van der Waals surface area contributed by atoms with Crippen LogP contribution in [0.2, 0.25) is 0 Å². The Morgan fingerprint density at radius 1 is 0.971 bits per heavy atom. The molecule has 0 saturated carbocycles. The second-order valence-electron chi connectivity index (χ2n) is 9.08. The van der Waals surface area contributed by atoms with E-state index in [0.717, 1.165) is 24.1 Å². The number of sulfonamides is 1. The number of hydrogen-bond donors (Lipinski definition) is 2. The van der Waals surface area contributed by atoms with Gasteiger partial charge in [-0.3, -0.25) is 4.79 Å². The zero-order chi connectivity index (χ0) is 24.1. The van der Waals surface area contributed by atoms with Gasteiger partial charge in [0, 0.05) is 31.9 Å². The molecule has 2 aliphatic rings. The van der Waals surface area contributed by atoms with Crippen LogP contribution in [-0.2, 0) is 14.8 Å². The topological polar surface area (TPSA) is 98.8 Å². The average molecular weight is 485 g/mol. The first-order valence-corrected chi connectivity index (χ1v) is 13.3. The largest absolute Gasteiger partial charge is 0.341 e. The SMILES string of the molecule is Cc1ccc(NC(=O)NCC2CCCN(C(=O)C3CCCN3S(=O)(=O)c3ccccc3)C2)cc1. The van der Waals surface area contributed by atoms with Crippen LogP contribution in [0.25, 0.3) is 0 Å². The number of urea groups is 1. The van der Waals surface area contributed by atoms with E-state index < -0.39 is 16.1 Å². The summed E-state index contributed by atoms with van der Waals surface area (Å²) >= 11 is 0. The van der Waals surface area contributed by atoms with Crippen LogP contribution in [0.4, 0.5) is 10.5 Å². The predicted molar refractivity (Wildman–Crippen MR) is 131 cm³/mol. The highest BCUT2D eigenvalue weighted by Crippen LogP contribution is 2.28. The first kappa shape index (κ1) is 24.2. The van der Waals surface area contributed by atoms with Gasteiger partial charge in [-0.1, -0.05) is 35.9 Å². The molecule has 0 bridgehead atoms. The van der Waals surface area contributed by atoms with Crippen molar-refractivity contribution in [1.82, 2.24) is 14.5 Å². The number of anilines is 1. The van der Waals surface area contributed by atoms with E-state index >= 15 is 0 Å². The van der Waals surface area contributed by atoms with Gasteiger partial charge < -0.3 is 15.5 Å². The second kappa shape index (κ2) is 10.6. The molecule has 3 amide bonds. The maximum atomic E-state index is 13.4. The van der Waals surface area contributed by atoms with Gasteiger partial charge >= 0.3 is 6.03 Å². The van der Waals surface area contributed by atoms with Gasteiger partial charge in [0.1, 0.15) is 6.04 Å². The van der Waals surface area contributed by atoms with Crippen molar-refractivity contribution in [2.45, 2.75) is 43.5 Å². The van der Waals surface area contributed by atoms with Crippen LogP contribution in [0.5, 0.6) is 0 Å². The Bertz CT molecular complexity index is 1110. The van der Waals surface area contributed by atoms with Crippen molar-refractivity contribution in [3.63, 3.8) is 0 Å². The van der Waals surface area contributed by atoms with Gasteiger partial charge in [-0.05, 0) is 62.8 Å². The van der Waals surface area contributed by atoms with Crippen LogP contribution in [-0.4, -0.2) is 61.8 Å². The monoisotopic (exact) mass is 484 g/mol. The number of nitrogens with zero attached hydrogens (tertiary/aromatic N) is 2. The predicted octanol–water partition coefficient (Wildman–Crippen LogP) is 3.21. The van der Waals surface area contributed by atoms with E-state index in [-0.39, 0.29) is 22.8 Å². The molecule has 2 N–H and O–H groups in total. The first-order valence-electron chi connectivity index (χ1n) is 11.8. The summed E-state index contributed by atoms with van der Waals surface area (Å²) in [6, 6.07) is 14.9. The summed E-state index contributed by atoms with van der Waals surface area (Å²) in [5, 5.41) is 5.73. The van der Waals surface area contributed by atoms with E-state index in [4.69, 9.17) is 0 Å². The third-order valence-corrected chi connectivity index (χ3v) is 8.45. The zero-order valence-corrected chi connectivity index (χ0v) is 20.3. The molecule has 34 heavy (non-hydrogen) atoms. The summed E-state index contributed by atoms with van der Waals surface area (Å²) in [5.74, 6) is -0.00661. The van der Waals surface area contributed by atoms with E-state index in [1.807, 2.05) is 31.2 Å². The van der Waals surface area contributed by atoms with Crippen molar-refractivity contribution in [2.24, 2.45) is 5.92 Å². The maximum absolute atomic E-state index is 13.4. The number of aryl methyl sites for hydroxylation is 1. The van der Waals surface area contributed by atoms with E-state index in [9.17, 15) is 18.0 Å². The van der Waals surface area contributed by atoms with Crippen molar-refractivity contribution >= 4 is 27.6 Å². The standard InChI is InChI=1S/C25H32N4O4S/c1-19-11-13-21(14-12-19)27-25(31)26-17-20-7-5-15-28(18-20)24(30)23-10-6-16-29(23)34(32,33)22-8-3-2-4-9-22/h2-4,8-9,11-14,20,23H,5-7,10,15-18H2,1H3,(H2,26,27,31). The number of benzene rings is 2. The number of amides is 3. The molecule has 2 unspecified atom stereocenters. The van der Waals surface area contributed by atoms with Gasteiger partial charge in [0.15, 0.2) is 0 Å². The van der Waals surface area contributed by atoms with E-state index in [2.05, 4.69) is 10.6 Å². The minimum absolute atomic E-state index is 0.127. The lowest BCUT2D eigenvalue weighted by molar-refractivity contribution is -0.136. The lowest BCUT2D eigenvalue weighted by Crippen LogP contribution is -2.51. The summed E-state index contributed by atoms with van der Waals surface area (Å²) in [6.07, 6.45) is 2.94. The van der Waals surface area contributed by atoms with Crippen molar-refractivity contribution in [3.8, 4) is 0 Å². The number of hydrogen-bond acceptors (Lipinski definition) is 4. The summed E-state index contributed by atoms with van der Waals surface area (Å²) in [5.41, 5.74) is 1.85. The Kier molecular flexibility index (Phi) is 7.53. The third-order valence-electron chi connectivity index (χ3n) is 6.53. The first-order chi connectivity index (χ1) is 16.3. The Morgan fingerprint density at radius 2 is 1.68 bits per heavy atom. The van der Waals surface area contributed by atoms with Crippen molar-refractivity contribution in [1.29, 1.82) is 0 Å². The van der Waals surface area contributed by atoms with Gasteiger partial charge in [0.05, 0.1) is 4.90 Å². The highest BCUT2D eigenvalue weighted by molar-refractivity contribution is 7.89. The number of carbonyl (C=O) groups is 2. The van der Waals surface area contributed by atoms with Crippen molar-refractivity contribution in [3.05, 3.63) is 60.2 Å². The van der Waals surface area contributed by atoms with Crippen LogP contribution in [0.3, 0.4) is 0 Å². The van der Waals surface area contributed by atoms with Crippen LogP contribution in [0.1, 0.15) is 31.2 Å². The molecule has 4 rings (SSSR count). The van der Waals surface area contributed by atoms with Crippen LogP contribution < -0.4 is 10.6 Å². The van der Waals surface area contributed by atoms with E-state index in [0.29, 0.717) is 39.0 Å². The summed E-state index contributed by atoms with van der Waals surface area (Å²) in [6.45, 7) is 3.92. The Labute approximate surface area is 201 Å². The molecule has 0 spiro atoms. The molecule has 0 radical (unpaired) electrons. The zero-order valence-electron chi connectivity index (χ0n) is 19.4. The summed E-state index contributed by atoms with van der Waals surface area (Å²) in [4.78, 5) is 27.6. The molecule has 0 aromatic heterocycles. The fourth-order valence-corrected chi connectivity index (χ4v) is 6.37. The molecule has 2 heterocycles. The number of piperidine rings is 1. The molecule has 9 heteroatoms. The normalized spacial score (nSPS) is 21.3. The number of nitrogens with one attached hydrogen (secondary N) is 2. The summed E-state index contributed by atoms with van der Waals surface area (Å²) < 4.78 is 27.6. The van der Waals surface area contributed by atoms with Gasteiger partial charge in [-0.25, -0.2) is 13.2 Å². The molecule has 2 aromatic carbocycles. The molecular formula is C25H32N4O4S. The fraction of sp³-hybridized carbons (Fsp3) is 0.440. The van der Waals surface area contributed by atoms with Crippen LogP contribution >= 0.6 is 0 Å². The molecule has 8 nitrogen and oxygen atoms in total. The van der Waals surface area contributed by atoms with Gasteiger partial charge in [-0.2, -0.15) is 4.31 Å². The van der Waals surface area contributed by atoms with Crippen LogP contribution in [0.15, 0.2) is 59.5 Å². The molecular weight excluding hydrogens is 452 g/mol. The Hall–Kier alpha value is -2.91. The third kappa shape index (κ3) is 5.59. The van der Waals surface area contributed by atoms with Gasteiger partial charge in [0.25, 0.3) is 0 Å². The minimum Gasteiger partial charge on any atom is -0.341 e. The summed E-state index contributed by atoms with van der Waals surface area (Å²) in [7, 11) is -3.72. The number of rotatable bonds is 6. The molecule has 2 aliphatic heterocycles. The number of carbonyl (C=O) groups excluding carboxylic acids is 2. The Balaban J connectivity index is 1.33. The smallest absolute Gasteiger partial charge is 0.319 e. The molecule has 2 saturated heterocycles. The van der Waals surface area contributed by atoms with Gasteiger partial charge in [0.2, 0.25) is 15.9 Å². The molecule has 0 aliphatic carbocycles. The molecule has 2 fully saturated rings. The lowest BCUT2D eigenvalue weighted by atomic mass is 9.97. The quantitative estimate of drug-likeness (QED) is 0.658. The van der Waals surface area contributed by atoms with Gasteiger partial charge in [-0.15, -0.1) is 0 Å². The molecule has 2 atom stereocenters. The number of likely N-dealkylation sites (tertiary alicyclic amines) is 1. The highest BCUT2D eigenvalue weighted by atomic mass is 32.2. The second-order valence-corrected chi connectivity index (χ2v) is 11.0. The van der Waals surface area contributed by atoms with E-state index in [1.165, 1.54) is 4.31 Å². The molecule has 2 aromatic rings. The lowest BCUT2D eigenvalue weighted by Gasteiger charge is -2.36.